The van der Waals surface area contributed by atoms with Crippen molar-refractivity contribution in [1.82, 2.24) is 5.32 Å². The maximum Gasteiger partial charge on any atom is 0.335 e. The molecule has 0 atom stereocenters. The van der Waals surface area contributed by atoms with Gasteiger partial charge < -0.3 is 0 Å². The monoisotopic (exact) mass is 326 g/mol. The molecule has 0 radical (unpaired) electrons. The van der Waals surface area contributed by atoms with E-state index in [1.165, 1.54) is 17.4 Å². The second-order valence-corrected chi connectivity index (χ2v) is 6.21. The normalized spacial score (nSPS) is 16.9. The van der Waals surface area contributed by atoms with Crippen molar-refractivity contribution in [2.24, 2.45) is 0 Å². The summed E-state index contributed by atoms with van der Waals surface area (Å²) in [5.74, 6) is -1.29. The van der Waals surface area contributed by atoms with Gasteiger partial charge in [-0.25, -0.2) is 9.69 Å². The third-order valence-corrected chi connectivity index (χ3v) is 4.54. The van der Waals surface area contributed by atoms with Crippen molar-refractivity contribution >= 4 is 40.9 Å². The minimum atomic E-state index is -0.732. The number of rotatable bonds is 2. The molecule has 0 saturated carbocycles. The fourth-order valence-corrected chi connectivity index (χ4v) is 3.11. The number of barbiturate groups is 1. The first kappa shape index (κ1) is 15.2. The summed E-state index contributed by atoms with van der Waals surface area (Å²) < 4.78 is 0. The molecular formula is C17H14N2O3S. The lowest BCUT2D eigenvalue weighted by atomic mass is 10.1. The Morgan fingerprint density at radius 3 is 2.35 bits per heavy atom. The fourth-order valence-electron chi connectivity index (χ4n) is 2.25. The number of imide groups is 2. The fraction of sp³-hybridized carbons (Fsp3) is 0.118. The van der Waals surface area contributed by atoms with Crippen LogP contribution >= 0.6 is 11.3 Å². The standard InChI is InChI=1S/C17H14N2O3S/c1-10-3-5-12(6-4-10)19-16(21)13(15(20)18-17(19)22)9-14-11(2)7-8-23-14/h3-9H,1-2H3,(H,18,20,22). The molecule has 2 heterocycles. The van der Waals surface area contributed by atoms with Crippen LogP contribution in [0.25, 0.3) is 6.08 Å². The van der Waals surface area contributed by atoms with Gasteiger partial charge in [0.25, 0.3) is 11.8 Å². The van der Waals surface area contributed by atoms with E-state index < -0.39 is 17.8 Å². The molecule has 116 valence electrons. The number of benzene rings is 1. The number of thiophene rings is 1. The maximum atomic E-state index is 12.6. The van der Waals surface area contributed by atoms with E-state index in [9.17, 15) is 14.4 Å². The Morgan fingerprint density at radius 2 is 1.74 bits per heavy atom. The van der Waals surface area contributed by atoms with Crippen molar-refractivity contribution in [1.29, 1.82) is 0 Å². The third kappa shape index (κ3) is 2.80. The molecule has 1 aromatic heterocycles. The molecule has 1 saturated heterocycles. The molecule has 4 amide bonds. The van der Waals surface area contributed by atoms with Crippen molar-refractivity contribution in [3.8, 4) is 0 Å². The van der Waals surface area contributed by atoms with E-state index in [-0.39, 0.29) is 5.57 Å². The molecular weight excluding hydrogens is 312 g/mol. The maximum absolute atomic E-state index is 12.6. The molecule has 0 spiro atoms. The average Bonchev–Trinajstić information content (AvgIpc) is 2.90. The highest BCUT2D eigenvalue weighted by atomic mass is 32.1. The summed E-state index contributed by atoms with van der Waals surface area (Å²) in [7, 11) is 0. The van der Waals surface area contributed by atoms with Gasteiger partial charge in [-0.05, 0) is 49.1 Å². The molecule has 23 heavy (non-hydrogen) atoms. The molecule has 1 fully saturated rings. The number of carbonyl (C=O) groups is 3. The molecule has 1 aliphatic heterocycles. The number of amides is 4. The summed E-state index contributed by atoms with van der Waals surface area (Å²) in [4.78, 5) is 38.6. The van der Waals surface area contributed by atoms with Gasteiger partial charge in [0.2, 0.25) is 0 Å². The predicted molar refractivity (Wildman–Crippen MR) is 89.2 cm³/mol. The van der Waals surface area contributed by atoms with Crippen LogP contribution in [0.5, 0.6) is 0 Å². The lowest BCUT2D eigenvalue weighted by molar-refractivity contribution is -0.122. The molecule has 0 bridgehead atoms. The molecule has 5 nitrogen and oxygen atoms in total. The van der Waals surface area contributed by atoms with Crippen LogP contribution in [0.4, 0.5) is 10.5 Å². The van der Waals surface area contributed by atoms with E-state index in [2.05, 4.69) is 5.32 Å². The van der Waals surface area contributed by atoms with Gasteiger partial charge >= 0.3 is 6.03 Å². The van der Waals surface area contributed by atoms with Gasteiger partial charge in [-0.15, -0.1) is 11.3 Å². The number of nitrogens with one attached hydrogen (secondary N) is 1. The van der Waals surface area contributed by atoms with Gasteiger partial charge in [0.1, 0.15) is 5.57 Å². The van der Waals surface area contributed by atoms with Gasteiger partial charge in [-0.3, -0.25) is 14.9 Å². The number of urea groups is 1. The van der Waals surface area contributed by atoms with Crippen molar-refractivity contribution in [3.05, 3.63) is 57.3 Å². The van der Waals surface area contributed by atoms with Gasteiger partial charge in [0, 0.05) is 4.88 Å². The van der Waals surface area contributed by atoms with Crippen LogP contribution in [0, 0.1) is 13.8 Å². The Labute approximate surface area is 137 Å². The second-order valence-electron chi connectivity index (χ2n) is 5.26. The van der Waals surface area contributed by atoms with Gasteiger partial charge in [-0.1, -0.05) is 17.7 Å². The van der Waals surface area contributed by atoms with E-state index in [4.69, 9.17) is 0 Å². The number of hydrogen-bond donors (Lipinski definition) is 1. The van der Waals surface area contributed by atoms with Crippen molar-refractivity contribution < 1.29 is 14.4 Å². The molecule has 1 aliphatic rings. The summed E-state index contributed by atoms with van der Waals surface area (Å²) in [6.07, 6.45) is 1.53. The lowest BCUT2D eigenvalue weighted by Gasteiger charge is -2.26. The van der Waals surface area contributed by atoms with Gasteiger partial charge in [0.05, 0.1) is 5.69 Å². The van der Waals surface area contributed by atoms with Crippen LogP contribution in [-0.4, -0.2) is 17.8 Å². The molecule has 1 aromatic carbocycles. The van der Waals surface area contributed by atoms with Crippen molar-refractivity contribution in [2.75, 3.05) is 4.90 Å². The zero-order valence-corrected chi connectivity index (χ0v) is 13.4. The van der Waals surface area contributed by atoms with E-state index >= 15 is 0 Å². The lowest BCUT2D eigenvalue weighted by Crippen LogP contribution is -2.54. The van der Waals surface area contributed by atoms with Crippen LogP contribution in [0.3, 0.4) is 0 Å². The number of aryl methyl sites for hydroxylation is 2. The molecule has 2 aromatic rings. The number of nitrogens with zero attached hydrogens (tertiary/aromatic N) is 1. The first-order chi connectivity index (χ1) is 11.0. The van der Waals surface area contributed by atoms with Gasteiger partial charge in [-0.2, -0.15) is 0 Å². The first-order valence-corrected chi connectivity index (χ1v) is 7.87. The topological polar surface area (TPSA) is 66.5 Å². The summed E-state index contributed by atoms with van der Waals surface area (Å²) in [6.45, 7) is 3.81. The van der Waals surface area contributed by atoms with Crippen LogP contribution < -0.4 is 10.2 Å². The molecule has 3 rings (SSSR count). The average molecular weight is 326 g/mol. The zero-order valence-electron chi connectivity index (χ0n) is 12.6. The highest BCUT2D eigenvalue weighted by Crippen LogP contribution is 2.24. The minimum Gasteiger partial charge on any atom is -0.273 e. The van der Waals surface area contributed by atoms with E-state index in [1.807, 2.05) is 25.3 Å². The predicted octanol–water partition coefficient (Wildman–Crippen LogP) is 3.03. The summed E-state index contributed by atoms with van der Waals surface area (Å²) in [5, 5.41) is 4.10. The number of hydrogen-bond acceptors (Lipinski definition) is 4. The van der Waals surface area contributed by atoms with Crippen LogP contribution in [0.15, 0.2) is 41.3 Å². The SMILES string of the molecule is Cc1ccc(N2C(=O)NC(=O)C(=Cc3sccc3C)C2=O)cc1. The number of carbonyl (C=O) groups excluding carboxylic acids is 3. The Morgan fingerprint density at radius 1 is 1.04 bits per heavy atom. The smallest absolute Gasteiger partial charge is 0.273 e. The van der Waals surface area contributed by atoms with E-state index in [1.54, 1.807) is 24.3 Å². The largest absolute Gasteiger partial charge is 0.335 e. The van der Waals surface area contributed by atoms with E-state index in [0.717, 1.165) is 20.9 Å². The molecule has 1 N–H and O–H groups in total. The zero-order chi connectivity index (χ0) is 16.6. The van der Waals surface area contributed by atoms with Crippen LogP contribution in [0.1, 0.15) is 16.0 Å². The molecule has 0 unspecified atom stereocenters. The molecule has 6 heteroatoms. The Balaban J connectivity index is 2.02. The summed E-state index contributed by atoms with van der Waals surface area (Å²) in [5.41, 5.74) is 2.37. The van der Waals surface area contributed by atoms with Crippen molar-refractivity contribution in [2.45, 2.75) is 13.8 Å². The van der Waals surface area contributed by atoms with E-state index in [0.29, 0.717) is 5.69 Å². The quantitative estimate of drug-likeness (QED) is 0.681. The van der Waals surface area contributed by atoms with Crippen molar-refractivity contribution in [3.63, 3.8) is 0 Å². The number of anilines is 1. The Kier molecular flexibility index (Phi) is 3.83. The first-order valence-electron chi connectivity index (χ1n) is 6.99. The summed E-state index contributed by atoms with van der Waals surface area (Å²) >= 11 is 1.44. The van der Waals surface area contributed by atoms with Crippen LogP contribution in [-0.2, 0) is 9.59 Å². The molecule has 0 aliphatic carbocycles. The highest BCUT2D eigenvalue weighted by molar-refractivity contribution is 7.11. The summed E-state index contributed by atoms with van der Waals surface area (Å²) in [6, 6.07) is 8.14. The Bertz CT molecular complexity index is 834. The third-order valence-electron chi connectivity index (χ3n) is 3.57. The van der Waals surface area contributed by atoms with Gasteiger partial charge in [0.15, 0.2) is 0 Å². The second kappa shape index (κ2) is 5.81. The minimum absolute atomic E-state index is 0.0456. The highest BCUT2D eigenvalue weighted by Gasteiger charge is 2.36. The van der Waals surface area contributed by atoms with Crippen LogP contribution in [0.2, 0.25) is 0 Å². The Hall–Kier alpha value is -2.73.